The zero-order valence-electron chi connectivity index (χ0n) is 30.8. The lowest BCUT2D eigenvalue weighted by molar-refractivity contribution is -0.903. The summed E-state index contributed by atoms with van der Waals surface area (Å²) in [5, 5.41) is 24.4. The van der Waals surface area contributed by atoms with E-state index in [-0.39, 0.29) is 23.8 Å². The molecule has 13 nitrogen and oxygen atoms in total. The Labute approximate surface area is 314 Å². The third-order valence-electron chi connectivity index (χ3n) is 8.78. The number of alkyl halides is 3. The van der Waals surface area contributed by atoms with Gasteiger partial charge < -0.3 is 40.6 Å². The molecule has 300 valence electrons. The Bertz CT molecular complexity index is 1920. The molecule has 1 atom stereocenters. The van der Waals surface area contributed by atoms with Crippen molar-refractivity contribution in [1.29, 1.82) is 0 Å². The van der Waals surface area contributed by atoms with Gasteiger partial charge in [0.2, 0.25) is 5.82 Å². The van der Waals surface area contributed by atoms with Crippen molar-refractivity contribution in [3.8, 4) is 17.0 Å². The number of nitrogens with two attached hydrogens (primary N) is 1. The lowest BCUT2D eigenvalue weighted by atomic mass is 10.0. The number of aryl methyl sites for hydroxylation is 1. The maximum Gasteiger partial charge on any atom is 0.430 e. The molecule has 0 saturated heterocycles. The molecule has 4 rings (SSSR count). The van der Waals surface area contributed by atoms with E-state index in [1.54, 1.807) is 22.7 Å². The molecule has 2 heterocycles. The van der Waals surface area contributed by atoms with Crippen LogP contribution in [-0.2, 0) is 16.0 Å². The van der Waals surface area contributed by atoms with E-state index in [2.05, 4.69) is 20.6 Å². The highest BCUT2D eigenvalue weighted by Gasteiger charge is 2.29. The molecule has 0 fully saturated rings. The molecule has 1 amide bonds. The predicted octanol–water partition coefficient (Wildman–Crippen LogP) is 4.85. The highest BCUT2D eigenvalue weighted by Crippen LogP contribution is 2.32. The third kappa shape index (κ3) is 12.6. The number of carboxylic acids is 2. The van der Waals surface area contributed by atoms with Crippen LogP contribution >= 0.6 is 0 Å². The first-order valence-electron chi connectivity index (χ1n) is 17.6. The summed E-state index contributed by atoms with van der Waals surface area (Å²) in [4.78, 5) is 42.1. The molecule has 2 aromatic heterocycles. The zero-order chi connectivity index (χ0) is 40.8. The molecule has 18 heteroatoms. The van der Waals surface area contributed by atoms with Gasteiger partial charge in [-0.2, -0.15) is 17.6 Å². The summed E-state index contributed by atoms with van der Waals surface area (Å²) in [7, 11) is 3.27. The van der Waals surface area contributed by atoms with E-state index in [1.807, 2.05) is 20.0 Å². The summed E-state index contributed by atoms with van der Waals surface area (Å²) in [5.41, 5.74) is 8.51. The molecule has 0 aliphatic heterocycles. The van der Waals surface area contributed by atoms with Crippen molar-refractivity contribution in [3.05, 3.63) is 71.7 Å². The van der Waals surface area contributed by atoms with Crippen LogP contribution in [0.5, 0.6) is 5.75 Å². The number of aliphatic carboxylic acids is 2. The number of halogens is 5. The Morgan fingerprint density at radius 2 is 1.67 bits per heavy atom. The number of likely N-dealkylation sites (N-methyl/N-ethyl adjacent to an activating group) is 1. The number of carbonyl (C=O) groups excluding carboxylic acids is 2. The second-order valence-corrected chi connectivity index (χ2v) is 13.0. The molecule has 0 bridgehead atoms. The van der Waals surface area contributed by atoms with Crippen molar-refractivity contribution in [2.75, 3.05) is 52.2 Å². The van der Waals surface area contributed by atoms with Crippen molar-refractivity contribution >= 4 is 35.0 Å². The van der Waals surface area contributed by atoms with Gasteiger partial charge in [0.05, 0.1) is 39.1 Å². The van der Waals surface area contributed by atoms with E-state index in [0.29, 0.717) is 52.4 Å². The second kappa shape index (κ2) is 20.4. The first kappa shape index (κ1) is 44.0. The average molecular weight is 780 g/mol. The van der Waals surface area contributed by atoms with E-state index in [0.717, 1.165) is 57.2 Å². The number of carbonyl (C=O) groups is 3. The summed E-state index contributed by atoms with van der Waals surface area (Å²) < 4.78 is 67.8. The molecule has 0 aliphatic rings. The Hall–Kier alpha value is -5.36. The van der Waals surface area contributed by atoms with Crippen molar-refractivity contribution < 1.29 is 55.8 Å². The number of hydrogen-bond acceptors (Lipinski definition) is 9. The van der Waals surface area contributed by atoms with Gasteiger partial charge in [-0.15, -0.1) is 0 Å². The molecular formula is C37H46F5N7O6. The Morgan fingerprint density at radius 1 is 1.00 bits per heavy atom. The minimum absolute atomic E-state index is 0.0338. The fraction of sp³-hybridized carbons (Fsp3) is 0.432. The molecule has 5 N–H and O–H groups in total. The van der Waals surface area contributed by atoms with Gasteiger partial charge in [-0.1, -0.05) is 6.92 Å². The van der Waals surface area contributed by atoms with Crippen LogP contribution in [0.15, 0.2) is 48.9 Å². The molecule has 1 unspecified atom stereocenters. The highest BCUT2D eigenvalue weighted by molar-refractivity contribution is 5.96. The number of benzene rings is 2. The van der Waals surface area contributed by atoms with E-state index in [1.165, 1.54) is 31.6 Å². The van der Waals surface area contributed by atoms with Crippen LogP contribution in [0.2, 0.25) is 0 Å². The van der Waals surface area contributed by atoms with Gasteiger partial charge in [0, 0.05) is 35.8 Å². The van der Waals surface area contributed by atoms with Crippen LogP contribution in [-0.4, -0.2) is 94.9 Å². The fourth-order valence-corrected chi connectivity index (χ4v) is 5.92. The zero-order valence-corrected chi connectivity index (χ0v) is 30.8. The molecule has 4 aromatic rings. The van der Waals surface area contributed by atoms with Crippen LogP contribution in [0.4, 0.5) is 33.5 Å². The van der Waals surface area contributed by atoms with Crippen molar-refractivity contribution in [3.63, 3.8) is 0 Å². The van der Waals surface area contributed by atoms with Crippen molar-refractivity contribution in [2.24, 2.45) is 5.73 Å². The van der Waals surface area contributed by atoms with Crippen molar-refractivity contribution in [1.82, 2.24) is 19.7 Å². The molecule has 2 aromatic carbocycles. The summed E-state index contributed by atoms with van der Waals surface area (Å²) in [6, 6.07) is 8.25. The Morgan fingerprint density at radius 3 is 2.27 bits per heavy atom. The van der Waals surface area contributed by atoms with Crippen LogP contribution in [0, 0.1) is 11.6 Å². The summed E-state index contributed by atoms with van der Waals surface area (Å²) >= 11 is 0. The van der Waals surface area contributed by atoms with E-state index in [9.17, 15) is 36.6 Å². The van der Waals surface area contributed by atoms with E-state index in [4.69, 9.17) is 20.4 Å². The quantitative estimate of drug-likeness (QED) is 0.0583. The van der Waals surface area contributed by atoms with Gasteiger partial charge in [0.1, 0.15) is 5.97 Å². The maximum atomic E-state index is 14.9. The third-order valence-corrected chi connectivity index (χ3v) is 8.78. The number of aromatic nitrogens is 3. The fourth-order valence-electron chi connectivity index (χ4n) is 5.92. The van der Waals surface area contributed by atoms with Gasteiger partial charge in [0.25, 0.3) is 5.91 Å². The molecule has 0 saturated carbocycles. The molecule has 55 heavy (non-hydrogen) atoms. The van der Waals surface area contributed by atoms with E-state index >= 15 is 0 Å². The Kier molecular flexibility index (Phi) is 16.3. The number of unbranched alkanes of at least 4 members (excludes halogenated alkanes) is 4. The number of amides is 1. The molecule has 0 radical (unpaired) electrons. The maximum absolute atomic E-state index is 14.9. The first-order chi connectivity index (χ1) is 26.0. The van der Waals surface area contributed by atoms with Crippen LogP contribution in [0.1, 0.15) is 61.4 Å². The number of rotatable bonds is 19. The molecule has 0 spiro atoms. The van der Waals surface area contributed by atoms with Crippen LogP contribution in [0.25, 0.3) is 16.9 Å². The minimum atomic E-state index is -5.19. The van der Waals surface area contributed by atoms with Gasteiger partial charge in [-0.25, -0.2) is 19.2 Å². The highest BCUT2D eigenvalue weighted by atomic mass is 19.4. The number of imidazole rings is 1. The second-order valence-electron chi connectivity index (χ2n) is 13.0. The lowest BCUT2D eigenvalue weighted by Gasteiger charge is -2.33. The number of nitrogens with zero attached hydrogens (tertiary/aromatic N) is 4. The lowest BCUT2D eigenvalue weighted by Crippen LogP contribution is -2.49. The van der Waals surface area contributed by atoms with Gasteiger partial charge in [0.15, 0.2) is 29.6 Å². The Balaban J connectivity index is 0.00000106. The summed E-state index contributed by atoms with van der Waals surface area (Å²) in [6.45, 7) is 4.83. The largest absolute Gasteiger partial charge is 0.542 e. The topological polar surface area (TPSA) is 184 Å². The first-order valence-corrected chi connectivity index (χ1v) is 17.6. The number of methoxy groups -OCH3 is 1. The van der Waals surface area contributed by atoms with Gasteiger partial charge in [-0.3, -0.25) is 9.20 Å². The summed E-state index contributed by atoms with van der Waals surface area (Å²) in [5.74, 6) is -5.84. The van der Waals surface area contributed by atoms with Gasteiger partial charge >= 0.3 is 12.1 Å². The number of nitrogens with one attached hydrogen (secondary N) is 2. The number of hydrogen-bond donors (Lipinski definition) is 4. The van der Waals surface area contributed by atoms with Crippen LogP contribution in [0.3, 0.4) is 0 Å². The van der Waals surface area contributed by atoms with Crippen molar-refractivity contribution in [2.45, 2.75) is 58.0 Å². The number of quaternary nitrogens is 1. The number of carboxylic acid groups (broad SMARTS) is 2. The van der Waals surface area contributed by atoms with E-state index < -0.39 is 29.7 Å². The smallest absolute Gasteiger partial charge is 0.430 e. The number of fused-ring (bicyclic) bond motifs is 1. The van der Waals surface area contributed by atoms with Crippen LogP contribution < -0.4 is 26.2 Å². The molecular weight excluding hydrogens is 733 g/mol. The normalized spacial score (nSPS) is 12.4. The minimum Gasteiger partial charge on any atom is -0.542 e. The summed E-state index contributed by atoms with van der Waals surface area (Å²) in [6.07, 6.45) is 5.50. The van der Waals surface area contributed by atoms with Gasteiger partial charge in [-0.05, 0) is 87.4 Å². The number of anilines is 2. The average Bonchev–Trinajstić information content (AvgIpc) is 3.57. The standard InChI is InChI=1S/C35H45F2N7O4.C2HF3O2/c1-4-24-21-25(42-33-34-41-22-28(43(34)18-17-39-33)27-13-14-29(48-3)32(37)31(27)36)11-12-26(24)35(47)40-16-8-6-10-20-44(2,23-30(45)46)19-9-5-7-15-38;3-2(4,5)1(6)7/h11-14,17-18,21-22H,4-10,15-16,19-20,23,38H2,1-3H3,(H2-,39,40,42,45,46,47);(H,6,7). The predicted molar refractivity (Wildman–Crippen MR) is 193 cm³/mol. The number of ether oxygens (including phenoxy) is 1. The SMILES string of the molecule is CCc1cc(Nc2nccn3c(-c4ccc(OC)c(F)c4F)cnc23)ccc1C(=O)NCCCCC[N+](C)(CCCCCN)CC(=O)O.O=C([O-])C(F)(F)F. The monoisotopic (exact) mass is 779 g/mol. The molecule has 0 aliphatic carbocycles.